The number of rotatable bonds is 6. The number of anilines is 2. The molecule has 1 aromatic carbocycles. The predicted octanol–water partition coefficient (Wildman–Crippen LogP) is 1.29. The summed E-state index contributed by atoms with van der Waals surface area (Å²) >= 11 is 0. The standard InChI is InChI=1S/C11H13N5O4/c1-19-5-4-13-8-3-2-7(6-9(8)16(17)18)10-14-15-11(12)20-10/h2-3,6,13H,4-5H2,1H3,(H2,12,15). The summed E-state index contributed by atoms with van der Waals surface area (Å²) in [4.78, 5) is 10.6. The van der Waals surface area contributed by atoms with Crippen molar-refractivity contribution < 1.29 is 14.1 Å². The minimum Gasteiger partial charge on any atom is -0.404 e. The summed E-state index contributed by atoms with van der Waals surface area (Å²) in [5, 5.41) is 21.2. The van der Waals surface area contributed by atoms with Crippen LogP contribution in [-0.4, -0.2) is 35.4 Å². The minimum absolute atomic E-state index is 0.0876. The molecule has 2 aromatic rings. The molecule has 0 unspecified atom stereocenters. The van der Waals surface area contributed by atoms with Crippen molar-refractivity contribution in [1.29, 1.82) is 0 Å². The highest BCUT2D eigenvalue weighted by atomic mass is 16.6. The number of ether oxygens (including phenoxy) is 1. The second-order valence-corrected chi connectivity index (χ2v) is 3.85. The Morgan fingerprint density at radius 2 is 2.30 bits per heavy atom. The fourth-order valence-corrected chi connectivity index (χ4v) is 1.60. The van der Waals surface area contributed by atoms with Gasteiger partial charge in [0.2, 0.25) is 5.89 Å². The van der Waals surface area contributed by atoms with E-state index in [1.54, 1.807) is 19.2 Å². The Labute approximate surface area is 113 Å². The van der Waals surface area contributed by atoms with Gasteiger partial charge in [0, 0.05) is 25.3 Å². The second kappa shape index (κ2) is 5.97. The maximum absolute atomic E-state index is 11.1. The predicted molar refractivity (Wildman–Crippen MR) is 71.2 cm³/mol. The van der Waals surface area contributed by atoms with E-state index < -0.39 is 4.92 Å². The van der Waals surface area contributed by atoms with Crippen molar-refractivity contribution >= 4 is 17.4 Å². The number of hydrogen-bond acceptors (Lipinski definition) is 8. The van der Waals surface area contributed by atoms with Crippen LogP contribution >= 0.6 is 0 Å². The van der Waals surface area contributed by atoms with Crippen molar-refractivity contribution in [3.63, 3.8) is 0 Å². The molecule has 9 nitrogen and oxygen atoms in total. The van der Waals surface area contributed by atoms with Gasteiger partial charge in [-0.25, -0.2) is 0 Å². The summed E-state index contributed by atoms with van der Waals surface area (Å²) in [5.74, 6) is 0.133. The van der Waals surface area contributed by atoms with E-state index in [0.29, 0.717) is 24.4 Å². The van der Waals surface area contributed by atoms with Gasteiger partial charge in [-0.3, -0.25) is 10.1 Å². The van der Waals surface area contributed by atoms with Crippen LogP contribution in [0.15, 0.2) is 22.6 Å². The Morgan fingerprint density at radius 1 is 1.50 bits per heavy atom. The smallest absolute Gasteiger partial charge is 0.313 e. The molecule has 0 aliphatic rings. The lowest BCUT2D eigenvalue weighted by atomic mass is 10.1. The third-order valence-electron chi connectivity index (χ3n) is 2.50. The molecular formula is C11H13N5O4. The van der Waals surface area contributed by atoms with Crippen LogP contribution in [0, 0.1) is 10.1 Å². The van der Waals surface area contributed by atoms with Crippen LogP contribution < -0.4 is 11.1 Å². The van der Waals surface area contributed by atoms with Gasteiger partial charge < -0.3 is 20.2 Å². The Hall–Kier alpha value is -2.68. The van der Waals surface area contributed by atoms with E-state index >= 15 is 0 Å². The Balaban J connectivity index is 2.30. The van der Waals surface area contributed by atoms with Crippen LogP contribution in [0.2, 0.25) is 0 Å². The lowest BCUT2D eigenvalue weighted by molar-refractivity contribution is -0.383. The molecular weight excluding hydrogens is 266 g/mol. The largest absolute Gasteiger partial charge is 0.404 e. The van der Waals surface area contributed by atoms with E-state index in [0.717, 1.165) is 0 Å². The van der Waals surface area contributed by atoms with Gasteiger partial charge in [0.05, 0.1) is 11.5 Å². The number of nitro groups is 1. The monoisotopic (exact) mass is 279 g/mol. The van der Waals surface area contributed by atoms with Crippen molar-refractivity contribution in [1.82, 2.24) is 10.2 Å². The van der Waals surface area contributed by atoms with Crippen LogP contribution in [0.4, 0.5) is 17.4 Å². The second-order valence-electron chi connectivity index (χ2n) is 3.85. The molecule has 0 bridgehead atoms. The molecule has 0 fully saturated rings. The molecule has 0 amide bonds. The zero-order valence-electron chi connectivity index (χ0n) is 10.7. The van der Waals surface area contributed by atoms with Crippen LogP contribution in [-0.2, 0) is 4.74 Å². The van der Waals surface area contributed by atoms with Crippen molar-refractivity contribution in [2.24, 2.45) is 0 Å². The van der Waals surface area contributed by atoms with E-state index in [1.165, 1.54) is 6.07 Å². The average Bonchev–Trinajstić information content (AvgIpc) is 2.86. The number of nitrogens with one attached hydrogen (secondary N) is 1. The summed E-state index contributed by atoms with van der Waals surface area (Å²) in [6.45, 7) is 0.906. The number of methoxy groups -OCH3 is 1. The number of nitrogens with zero attached hydrogens (tertiary/aromatic N) is 3. The number of nitrogens with two attached hydrogens (primary N) is 1. The van der Waals surface area contributed by atoms with Crippen LogP contribution in [0.1, 0.15) is 0 Å². The first-order valence-corrected chi connectivity index (χ1v) is 5.72. The van der Waals surface area contributed by atoms with E-state index in [9.17, 15) is 10.1 Å². The molecule has 2 rings (SSSR count). The molecule has 0 aliphatic heterocycles. The fraction of sp³-hybridized carbons (Fsp3) is 0.273. The molecule has 20 heavy (non-hydrogen) atoms. The first-order chi connectivity index (χ1) is 9.61. The normalized spacial score (nSPS) is 10.4. The van der Waals surface area contributed by atoms with E-state index in [-0.39, 0.29) is 17.6 Å². The summed E-state index contributed by atoms with van der Waals surface area (Å²) in [7, 11) is 1.55. The molecule has 0 saturated carbocycles. The zero-order valence-corrected chi connectivity index (χ0v) is 10.7. The average molecular weight is 279 g/mol. The number of benzene rings is 1. The highest BCUT2D eigenvalue weighted by molar-refractivity contribution is 5.69. The lowest BCUT2D eigenvalue weighted by Gasteiger charge is -2.07. The topological polar surface area (TPSA) is 129 Å². The maximum atomic E-state index is 11.1. The molecule has 3 N–H and O–H groups in total. The summed E-state index contributed by atoms with van der Waals surface area (Å²) in [6.07, 6.45) is 0. The minimum atomic E-state index is -0.488. The number of hydrogen-bond donors (Lipinski definition) is 2. The number of nitro benzene ring substituents is 1. The van der Waals surface area contributed by atoms with E-state index in [2.05, 4.69) is 15.5 Å². The van der Waals surface area contributed by atoms with Gasteiger partial charge in [0.15, 0.2) is 0 Å². The van der Waals surface area contributed by atoms with Crippen molar-refractivity contribution in [2.45, 2.75) is 0 Å². The van der Waals surface area contributed by atoms with E-state index in [4.69, 9.17) is 14.9 Å². The Kier molecular flexibility index (Phi) is 4.11. The molecule has 106 valence electrons. The summed E-state index contributed by atoms with van der Waals surface area (Å²) in [6, 6.07) is 4.46. The quantitative estimate of drug-likeness (QED) is 0.459. The molecule has 1 aromatic heterocycles. The molecule has 0 saturated heterocycles. The van der Waals surface area contributed by atoms with Crippen molar-refractivity contribution in [3.05, 3.63) is 28.3 Å². The number of aromatic nitrogens is 2. The molecule has 0 atom stereocenters. The van der Waals surface area contributed by atoms with E-state index in [1.807, 2.05) is 0 Å². The third-order valence-corrected chi connectivity index (χ3v) is 2.50. The van der Waals surface area contributed by atoms with Gasteiger partial charge >= 0.3 is 6.01 Å². The van der Waals surface area contributed by atoms with Gasteiger partial charge in [0.1, 0.15) is 5.69 Å². The molecule has 9 heteroatoms. The van der Waals surface area contributed by atoms with Gasteiger partial charge in [-0.05, 0) is 12.1 Å². The Morgan fingerprint density at radius 3 is 2.90 bits per heavy atom. The molecule has 0 spiro atoms. The molecule has 0 radical (unpaired) electrons. The van der Waals surface area contributed by atoms with Gasteiger partial charge in [0.25, 0.3) is 5.69 Å². The highest BCUT2D eigenvalue weighted by Gasteiger charge is 2.17. The van der Waals surface area contributed by atoms with Crippen LogP contribution in [0.3, 0.4) is 0 Å². The lowest BCUT2D eigenvalue weighted by Crippen LogP contribution is -2.09. The van der Waals surface area contributed by atoms with Gasteiger partial charge in [-0.1, -0.05) is 5.10 Å². The van der Waals surface area contributed by atoms with Crippen molar-refractivity contribution in [3.8, 4) is 11.5 Å². The van der Waals surface area contributed by atoms with Crippen molar-refractivity contribution in [2.75, 3.05) is 31.3 Å². The molecule has 1 heterocycles. The number of nitrogen functional groups attached to an aromatic ring is 1. The fourth-order valence-electron chi connectivity index (χ4n) is 1.60. The first-order valence-electron chi connectivity index (χ1n) is 5.72. The highest BCUT2D eigenvalue weighted by Crippen LogP contribution is 2.30. The Bertz CT molecular complexity index is 613. The third kappa shape index (κ3) is 3.01. The van der Waals surface area contributed by atoms with Gasteiger partial charge in [-0.2, -0.15) is 0 Å². The maximum Gasteiger partial charge on any atom is 0.313 e. The zero-order chi connectivity index (χ0) is 14.5. The first kappa shape index (κ1) is 13.7. The van der Waals surface area contributed by atoms with Gasteiger partial charge in [-0.15, -0.1) is 5.10 Å². The van der Waals surface area contributed by atoms with Crippen LogP contribution in [0.25, 0.3) is 11.5 Å². The summed E-state index contributed by atoms with van der Waals surface area (Å²) in [5.41, 5.74) is 6.06. The summed E-state index contributed by atoms with van der Waals surface area (Å²) < 4.78 is 9.92. The SMILES string of the molecule is COCCNc1ccc(-c2nnc(N)o2)cc1[N+](=O)[O-]. The molecule has 0 aliphatic carbocycles. The van der Waals surface area contributed by atoms with Crippen LogP contribution in [0.5, 0.6) is 0 Å².